The Morgan fingerprint density at radius 3 is 2.41 bits per heavy atom. The molecule has 0 unspecified atom stereocenters. The second-order valence-corrected chi connectivity index (χ2v) is 12.2. The predicted octanol–water partition coefficient (Wildman–Crippen LogP) is -0.101. The molecule has 2 amide bonds. The lowest BCUT2D eigenvalue weighted by molar-refractivity contribution is -0.153. The summed E-state index contributed by atoms with van der Waals surface area (Å²) in [6, 6.07) is -1.25. The monoisotopic (exact) mass is 615 g/mol. The fourth-order valence-electron chi connectivity index (χ4n) is 7.33. The van der Waals surface area contributed by atoms with Crippen LogP contribution < -0.4 is 16.4 Å². The molecule has 1 saturated carbocycles. The average Bonchev–Trinajstić information content (AvgIpc) is 3.45. The molecule has 0 radical (unpaired) electrons. The standard InChI is InChI=1S/C30H38FN5O8/c1-33-7-6-14-21(31)15-10-13-11-16-23(35(2)3)26(40)20(29(32)43)28(42)30(16,44)27(41)18(13)24(38)19(15)25(39)22(14)34-17(37)12-36-8-4-5-9-36/h13,16,23,33,38-39,42,44H,4-12H2,1-3H3,(H2,32,43)(H,34,37)/t13-,16-,23-,30-/m0/s1. The predicted molar refractivity (Wildman–Crippen MR) is 156 cm³/mol. The number of ketones is 2. The highest BCUT2D eigenvalue weighted by atomic mass is 19.1. The van der Waals surface area contributed by atoms with Crippen LogP contribution in [0.5, 0.6) is 5.75 Å². The normalized spacial score (nSPS) is 27.0. The van der Waals surface area contributed by atoms with Gasteiger partial charge in [0.1, 0.15) is 22.9 Å². The Labute approximate surface area is 253 Å². The van der Waals surface area contributed by atoms with Crippen molar-refractivity contribution in [2.24, 2.45) is 17.6 Å². The molecule has 44 heavy (non-hydrogen) atoms. The van der Waals surface area contributed by atoms with E-state index in [2.05, 4.69) is 10.6 Å². The number of benzene rings is 1. The molecule has 8 N–H and O–H groups in total. The summed E-state index contributed by atoms with van der Waals surface area (Å²) in [5.74, 6) is -9.54. The molecule has 0 aromatic heterocycles. The van der Waals surface area contributed by atoms with Crippen molar-refractivity contribution in [2.75, 3.05) is 52.6 Å². The van der Waals surface area contributed by atoms with Crippen LogP contribution in [-0.4, -0.2) is 113 Å². The van der Waals surface area contributed by atoms with Crippen molar-refractivity contribution in [1.29, 1.82) is 0 Å². The van der Waals surface area contributed by atoms with Crippen LogP contribution in [0.25, 0.3) is 5.76 Å². The average molecular weight is 616 g/mol. The number of phenols is 1. The molecule has 1 aromatic carbocycles. The van der Waals surface area contributed by atoms with Crippen molar-refractivity contribution in [3.05, 3.63) is 39.4 Å². The molecule has 4 aliphatic rings. The van der Waals surface area contributed by atoms with Crippen LogP contribution in [0.1, 0.15) is 36.0 Å². The van der Waals surface area contributed by atoms with Crippen molar-refractivity contribution >= 4 is 34.8 Å². The third-order valence-corrected chi connectivity index (χ3v) is 9.38. The summed E-state index contributed by atoms with van der Waals surface area (Å²) in [6.45, 7) is 1.77. The van der Waals surface area contributed by atoms with Gasteiger partial charge in [-0.3, -0.25) is 29.0 Å². The highest BCUT2D eigenvalue weighted by Crippen LogP contribution is 2.54. The van der Waals surface area contributed by atoms with E-state index in [-0.39, 0.29) is 42.6 Å². The first-order chi connectivity index (χ1) is 20.7. The van der Waals surface area contributed by atoms with Crippen molar-refractivity contribution in [3.8, 4) is 5.75 Å². The van der Waals surface area contributed by atoms with E-state index in [0.29, 0.717) is 6.54 Å². The number of carbonyl (C=O) groups is 4. The number of anilines is 1. The highest BCUT2D eigenvalue weighted by Gasteiger charge is 2.64. The number of nitrogens with zero attached hydrogens (tertiary/aromatic N) is 2. The molecule has 3 aliphatic carbocycles. The molecular weight excluding hydrogens is 577 g/mol. The Kier molecular flexibility index (Phi) is 8.31. The number of likely N-dealkylation sites (N-methyl/N-ethyl adjacent to an activating group) is 2. The second-order valence-electron chi connectivity index (χ2n) is 12.2. The van der Waals surface area contributed by atoms with Gasteiger partial charge in [-0.25, -0.2) is 4.39 Å². The minimum atomic E-state index is -2.81. The van der Waals surface area contributed by atoms with Gasteiger partial charge in [-0.15, -0.1) is 0 Å². The third-order valence-electron chi connectivity index (χ3n) is 9.38. The van der Waals surface area contributed by atoms with E-state index < -0.39 is 86.7 Å². The van der Waals surface area contributed by atoms with E-state index in [1.165, 1.54) is 19.0 Å². The molecule has 0 bridgehead atoms. The number of rotatable bonds is 8. The molecule has 238 valence electrons. The number of amides is 2. The van der Waals surface area contributed by atoms with E-state index in [9.17, 15) is 39.6 Å². The summed E-state index contributed by atoms with van der Waals surface area (Å²) in [6.07, 6.45) is 1.61. The van der Waals surface area contributed by atoms with Crippen LogP contribution in [0, 0.1) is 17.7 Å². The fraction of sp³-hybridized carbons (Fsp3) is 0.533. The molecule has 1 aromatic rings. The molecule has 14 heteroatoms. The molecular formula is C30H38FN5O8. The number of hydrogen-bond donors (Lipinski definition) is 7. The van der Waals surface area contributed by atoms with Gasteiger partial charge in [0, 0.05) is 22.6 Å². The zero-order chi connectivity index (χ0) is 32.2. The van der Waals surface area contributed by atoms with Gasteiger partial charge in [-0.05, 0) is 78.8 Å². The maximum atomic E-state index is 16.4. The second kappa shape index (κ2) is 11.6. The number of hydrogen-bond acceptors (Lipinski definition) is 11. The lowest BCUT2D eigenvalue weighted by Crippen LogP contribution is -2.65. The first-order valence-corrected chi connectivity index (χ1v) is 14.6. The first-order valence-electron chi connectivity index (χ1n) is 14.6. The minimum Gasteiger partial charge on any atom is -0.508 e. The van der Waals surface area contributed by atoms with Gasteiger partial charge in [0.2, 0.25) is 11.7 Å². The Balaban J connectivity index is 1.66. The van der Waals surface area contributed by atoms with E-state index in [0.717, 1.165) is 25.9 Å². The van der Waals surface area contributed by atoms with Gasteiger partial charge in [-0.1, -0.05) is 0 Å². The minimum absolute atomic E-state index is 0.0191. The largest absolute Gasteiger partial charge is 0.508 e. The Morgan fingerprint density at radius 2 is 1.82 bits per heavy atom. The van der Waals surface area contributed by atoms with Crippen molar-refractivity contribution in [2.45, 2.75) is 43.7 Å². The summed E-state index contributed by atoms with van der Waals surface area (Å²) < 4.78 is 16.4. The zero-order valence-electron chi connectivity index (χ0n) is 24.9. The van der Waals surface area contributed by atoms with Gasteiger partial charge in [-0.2, -0.15) is 0 Å². The maximum Gasteiger partial charge on any atom is 0.255 e. The maximum absolute atomic E-state index is 16.4. The third kappa shape index (κ3) is 4.76. The summed E-state index contributed by atoms with van der Waals surface area (Å²) >= 11 is 0. The zero-order valence-corrected chi connectivity index (χ0v) is 24.9. The fourth-order valence-corrected chi connectivity index (χ4v) is 7.33. The number of aromatic hydroxyl groups is 1. The Morgan fingerprint density at radius 1 is 1.16 bits per heavy atom. The number of likely N-dealkylation sites (tertiary alicyclic amines) is 1. The van der Waals surface area contributed by atoms with Gasteiger partial charge in [0.05, 0.1) is 23.8 Å². The van der Waals surface area contributed by atoms with Crippen molar-refractivity contribution in [3.63, 3.8) is 0 Å². The number of fused-ring (bicyclic) bond motifs is 3. The van der Waals surface area contributed by atoms with Gasteiger partial charge >= 0.3 is 0 Å². The van der Waals surface area contributed by atoms with Crippen LogP contribution in [-0.2, 0) is 32.0 Å². The van der Waals surface area contributed by atoms with Gasteiger partial charge in [0.25, 0.3) is 5.91 Å². The smallest absolute Gasteiger partial charge is 0.255 e. The summed E-state index contributed by atoms with van der Waals surface area (Å²) in [4.78, 5) is 55.7. The molecule has 13 nitrogen and oxygen atoms in total. The molecule has 1 saturated heterocycles. The number of phenolic OH excluding ortho intramolecular Hbond substituents is 1. The van der Waals surface area contributed by atoms with E-state index in [4.69, 9.17) is 5.73 Å². The van der Waals surface area contributed by atoms with E-state index in [1.807, 2.05) is 4.90 Å². The van der Waals surface area contributed by atoms with Crippen LogP contribution in [0.2, 0.25) is 0 Å². The number of nitrogens with two attached hydrogens (primary N) is 1. The first kappa shape index (κ1) is 31.6. The summed E-state index contributed by atoms with van der Waals surface area (Å²) in [5, 5.41) is 51.2. The van der Waals surface area contributed by atoms with E-state index >= 15 is 4.39 Å². The van der Waals surface area contributed by atoms with Crippen LogP contribution >= 0.6 is 0 Å². The molecule has 0 spiro atoms. The Hall–Kier alpha value is -3.85. The van der Waals surface area contributed by atoms with Crippen molar-refractivity contribution in [1.82, 2.24) is 15.1 Å². The molecule has 1 aliphatic heterocycles. The number of Topliss-reactive ketones (excluding diaryl/α,β-unsaturated/α-hetero) is 2. The number of aliphatic hydroxyl groups excluding tert-OH is 2. The number of primary amides is 1. The van der Waals surface area contributed by atoms with E-state index in [1.54, 1.807) is 7.05 Å². The van der Waals surface area contributed by atoms with Gasteiger partial charge in [0.15, 0.2) is 17.1 Å². The molecule has 5 rings (SSSR count). The van der Waals surface area contributed by atoms with Crippen LogP contribution in [0.4, 0.5) is 10.1 Å². The molecule has 2 fully saturated rings. The number of halogens is 1. The topological polar surface area (TPSA) is 206 Å². The van der Waals surface area contributed by atoms with Gasteiger partial charge < -0.3 is 36.8 Å². The number of aliphatic hydroxyl groups is 3. The molecule has 4 atom stereocenters. The molecule has 1 heterocycles. The van der Waals surface area contributed by atoms with Crippen LogP contribution in [0.3, 0.4) is 0 Å². The quantitative estimate of drug-likeness (QED) is 0.152. The summed E-state index contributed by atoms with van der Waals surface area (Å²) in [5.41, 5.74) is 0.515. The SMILES string of the molecule is CNCCc1c(F)c2c(c(O)c1NC(=O)CN1CCCC1)C(O)=C1C(=O)[C@]3(O)C(O)=C(C(N)=O)C(=O)[C@@H](N(C)C)[C@@H]3C[C@@H]1C2. The number of carbonyl (C=O) groups excluding carboxylic acids is 4. The highest BCUT2D eigenvalue weighted by molar-refractivity contribution is 6.24. The van der Waals surface area contributed by atoms with Crippen LogP contribution in [0.15, 0.2) is 16.9 Å². The lowest BCUT2D eigenvalue weighted by Gasteiger charge is -2.50. The number of nitrogens with one attached hydrogen (secondary N) is 2. The Bertz CT molecular complexity index is 1510. The van der Waals surface area contributed by atoms with Crippen molar-refractivity contribution < 1.29 is 44.0 Å². The lowest BCUT2D eigenvalue weighted by atomic mass is 9.57. The summed E-state index contributed by atoms with van der Waals surface area (Å²) in [7, 11) is 4.66.